The van der Waals surface area contributed by atoms with Crippen LogP contribution in [0.3, 0.4) is 0 Å². The van der Waals surface area contributed by atoms with Gasteiger partial charge in [0.25, 0.3) is 5.91 Å². The summed E-state index contributed by atoms with van der Waals surface area (Å²) in [5, 5.41) is 2.93. The largest absolute Gasteiger partial charge is 0.497 e. The molecule has 1 atom stereocenters. The van der Waals surface area contributed by atoms with Crippen LogP contribution >= 0.6 is 0 Å². The maximum absolute atomic E-state index is 12.4. The second-order valence-corrected chi connectivity index (χ2v) is 6.09. The molecule has 1 aliphatic rings. The number of rotatable bonds is 6. The molecular formula is C20H24N2O3. The molecule has 0 bridgehead atoms. The van der Waals surface area contributed by atoms with Gasteiger partial charge < -0.3 is 19.7 Å². The van der Waals surface area contributed by atoms with Gasteiger partial charge in [0.1, 0.15) is 11.5 Å². The first kappa shape index (κ1) is 17.1. The molecule has 0 spiro atoms. The van der Waals surface area contributed by atoms with Crippen LogP contribution in [0.1, 0.15) is 18.9 Å². The number of para-hydroxylation sites is 2. The summed E-state index contributed by atoms with van der Waals surface area (Å²) in [6.07, 6.45) is 0.407. The fourth-order valence-corrected chi connectivity index (χ4v) is 2.91. The molecule has 5 heteroatoms. The summed E-state index contributed by atoms with van der Waals surface area (Å²) in [5.41, 5.74) is 2.17. The quantitative estimate of drug-likeness (QED) is 0.878. The Labute approximate surface area is 148 Å². The number of carbonyl (C=O) groups excluding carboxylic acids is 1. The summed E-state index contributed by atoms with van der Waals surface area (Å²) in [6, 6.07) is 15.8. The number of hydrogen-bond acceptors (Lipinski definition) is 4. The fourth-order valence-electron chi connectivity index (χ4n) is 2.91. The van der Waals surface area contributed by atoms with Gasteiger partial charge in [0, 0.05) is 13.1 Å². The van der Waals surface area contributed by atoms with E-state index in [-0.39, 0.29) is 5.91 Å². The van der Waals surface area contributed by atoms with Crippen LogP contribution in [0.25, 0.3) is 0 Å². The number of nitrogens with zero attached hydrogens (tertiary/aromatic N) is 1. The van der Waals surface area contributed by atoms with Gasteiger partial charge in [-0.1, -0.05) is 31.2 Å². The van der Waals surface area contributed by atoms with Gasteiger partial charge in [-0.2, -0.15) is 0 Å². The van der Waals surface area contributed by atoms with Gasteiger partial charge in [0.2, 0.25) is 0 Å². The zero-order valence-electron chi connectivity index (χ0n) is 14.7. The average molecular weight is 340 g/mol. The number of hydrogen-bond donors (Lipinski definition) is 1. The van der Waals surface area contributed by atoms with Crippen molar-refractivity contribution >= 4 is 11.6 Å². The summed E-state index contributed by atoms with van der Waals surface area (Å²) in [5.74, 6) is 1.53. The minimum Gasteiger partial charge on any atom is -0.497 e. The van der Waals surface area contributed by atoms with Crippen molar-refractivity contribution in [1.82, 2.24) is 5.32 Å². The first-order valence-corrected chi connectivity index (χ1v) is 8.62. The lowest BCUT2D eigenvalue weighted by Crippen LogP contribution is -2.48. The molecule has 0 saturated heterocycles. The van der Waals surface area contributed by atoms with Crippen LogP contribution in [0, 0.1) is 0 Å². The van der Waals surface area contributed by atoms with Crippen LogP contribution in [-0.2, 0) is 11.3 Å². The summed E-state index contributed by atoms with van der Waals surface area (Å²) in [7, 11) is 1.66. The molecule has 1 amide bonds. The van der Waals surface area contributed by atoms with Crippen molar-refractivity contribution in [3.05, 3.63) is 54.1 Å². The smallest absolute Gasteiger partial charge is 0.262 e. The average Bonchev–Trinajstić information content (AvgIpc) is 2.66. The Morgan fingerprint density at radius 3 is 2.72 bits per heavy atom. The molecule has 132 valence electrons. The van der Waals surface area contributed by atoms with Crippen LogP contribution in [-0.4, -0.2) is 32.2 Å². The van der Waals surface area contributed by atoms with Crippen molar-refractivity contribution in [3.63, 3.8) is 0 Å². The van der Waals surface area contributed by atoms with Crippen molar-refractivity contribution in [1.29, 1.82) is 0 Å². The normalized spacial score (nSPS) is 15.9. The fraction of sp³-hybridized carbons (Fsp3) is 0.350. The number of fused-ring (bicyclic) bond motifs is 1. The van der Waals surface area contributed by atoms with Crippen LogP contribution in [0.15, 0.2) is 48.5 Å². The third-order valence-electron chi connectivity index (χ3n) is 4.24. The highest BCUT2D eigenvalue weighted by Crippen LogP contribution is 2.34. The molecule has 2 aromatic carbocycles. The molecule has 0 fully saturated rings. The Morgan fingerprint density at radius 1 is 1.24 bits per heavy atom. The molecular weight excluding hydrogens is 316 g/mol. The third kappa shape index (κ3) is 4.05. The van der Waals surface area contributed by atoms with E-state index in [0.29, 0.717) is 19.6 Å². The number of ether oxygens (including phenoxy) is 2. The van der Waals surface area contributed by atoms with E-state index in [1.165, 1.54) is 0 Å². The molecule has 1 N–H and O–H groups in total. The predicted octanol–water partition coefficient (Wildman–Crippen LogP) is 2.99. The molecule has 5 nitrogen and oxygen atoms in total. The molecule has 1 heterocycles. The van der Waals surface area contributed by atoms with Gasteiger partial charge in [0.05, 0.1) is 19.3 Å². The van der Waals surface area contributed by atoms with Crippen molar-refractivity contribution < 1.29 is 14.3 Å². The molecule has 3 rings (SSSR count). The van der Waals surface area contributed by atoms with Crippen LogP contribution in [0.4, 0.5) is 5.69 Å². The van der Waals surface area contributed by atoms with Gasteiger partial charge in [-0.05, 0) is 36.2 Å². The number of benzene rings is 2. The van der Waals surface area contributed by atoms with Crippen LogP contribution < -0.4 is 19.7 Å². The molecule has 0 unspecified atom stereocenters. The van der Waals surface area contributed by atoms with E-state index < -0.39 is 6.10 Å². The number of anilines is 1. The Bertz CT molecular complexity index is 715. The van der Waals surface area contributed by atoms with Crippen molar-refractivity contribution in [2.24, 2.45) is 0 Å². The van der Waals surface area contributed by atoms with E-state index in [9.17, 15) is 4.79 Å². The number of carbonyl (C=O) groups is 1. The van der Waals surface area contributed by atoms with E-state index in [4.69, 9.17) is 9.47 Å². The Kier molecular flexibility index (Phi) is 5.43. The lowest BCUT2D eigenvalue weighted by Gasteiger charge is -2.35. The minimum atomic E-state index is -0.500. The zero-order chi connectivity index (χ0) is 17.6. The van der Waals surface area contributed by atoms with E-state index in [2.05, 4.69) is 10.2 Å². The van der Waals surface area contributed by atoms with Crippen molar-refractivity contribution in [2.75, 3.05) is 25.1 Å². The Balaban J connectivity index is 1.79. The maximum atomic E-state index is 12.4. The topological polar surface area (TPSA) is 50.8 Å². The zero-order valence-corrected chi connectivity index (χ0v) is 14.7. The maximum Gasteiger partial charge on any atom is 0.262 e. The second-order valence-electron chi connectivity index (χ2n) is 6.09. The van der Waals surface area contributed by atoms with Gasteiger partial charge >= 0.3 is 0 Å². The molecule has 0 aromatic heterocycles. The number of nitrogens with one attached hydrogen (secondary N) is 1. The SMILES string of the molecule is CCCNC(=O)[C@@H]1CN(Cc2ccc(OC)cc2)c2ccccc2O1. The van der Waals surface area contributed by atoms with Crippen molar-refractivity contribution in [3.8, 4) is 11.5 Å². The lowest BCUT2D eigenvalue weighted by atomic mass is 10.1. The number of amides is 1. The number of methoxy groups -OCH3 is 1. The lowest BCUT2D eigenvalue weighted by molar-refractivity contribution is -0.127. The minimum absolute atomic E-state index is 0.0592. The second kappa shape index (κ2) is 7.92. The summed E-state index contributed by atoms with van der Waals surface area (Å²) in [6.45, 7) is 3.94. The highest BCUT2D eigenvalue weighted by molar-refractivity contribution is 5.83. The molecule has 0 aliphatic carbocycles. The van der Waals surface area contributed by atoms with E-state index >= 15 is 0 Å². The molecule has 2 aromatic rings. The Hall–Kier alpha value is -2.69. The van der Waals surface area contributed by atoms with E-state index in [1.807, 2.05) is 55.5 Å². The van der Waals surface area contributed by atoms with Gasteiger partial charge in [-0.15, -0.1) is 0 Å². The first-order valence-electron chi connectivity index (χ1n) is 8.62. The highest BCUT2D eigenvalue weighted by Gasteiger charge is 2.30. The summed E-state index contributed by atoms with van der Waals surface area (Å²) >= 11 is 0. The Morgan fingerprint density at radius 2 is 2.00 bits per heavy atom. The highest BCUT2D eigenvalue weighted by atomic mass is 16.5. The molecule has 0 radical (unpaired) electrons. The summed E-state index contributed by atoms with van der Waals surface area (Å²) in [4.78, 5) is 14.6. The third-order valence-corrected chi connectivity index (χ3v) is 4.24. The standard InChI is InChI=1S/C20H24N2O3/c1-3-12-21-20(23)19-14-22(17-6-4-5-7-18(17)25-19)13-15-8-10-16(24-2)11-9-15/h4-11,19H,3,12-14H2,1-2H3,(H,21,23)/t19-/m0/s1. The summed E-state index contributed by atoms with van der Waals surface area (Å²) < 4.78 is 11.1. The van der Waals surface area contributed by atoms with E-state index in [0.717, 1.165) is 29.2 Å². The first-order chi connectivity index (χ1) is 12.2. The van der Waals surface area contributed by atoms with Gasteiger partial charge in [-0.3, -0.25) is 4.79 Å². The predicted molar refractivity (Wildman–Crippen MR) is 98.2 cm³/mol. The monoisotopic (exact) mass is 340 g/mol. The molecule has 1 aliphatic heterocycles. The van der Waals surface area contributed by atoms with Gasteiger partial charge in [-0.25, -0.2) is 0 Å². The molecule has 0 saturated carbocycles. The van der Waals surface area contributed by atoms with Crippen LogP contribution in [0.2, 0.25) is 0 Å². The van der Waals surface area contributed by atoms with Crippen LogP contribution in [0.5, 0.6) is 11.5 Å². The van der Waals surface area contributed by atoms with Crippen molar-refractivity contribution in [2.45, 2.75) is 26.0 Å². The van der Waals surface area contributed by atoms with Gasteiger partial charge in [0.15, 0.2) is 6.10 Å². The van der Waals surface area contributed by atoms with E-state index in [1.54, 1.807) is 7.11 Å². The molecule has 25 heavy (non-hydrogen) atoms.